The van der Waals surface area contributed by atoms with Crippen molar-refractivity contribution in [2.24, 2.45) is 0 Å². The van der Waals surface area contributed by atoms with E-state index in [1.807, 2.05) is 30.3 Å². The van der Waals surface area contributed by atoms with Gasteiger partial charge in [0.25, 0.3) is 0 Å². The van der Waals surface area contributed by atoms with Crippen LogP contribution in [-0.4, -0.2) is 42.8 Å². The summed E-state index contributed by atoms with van der Waals surface area (Å²) in [6, 6.07) is 9.16. The van der Waals surface area contributed by atoms with Gasteiger partial charge in [0, 0.05) is 6.54 Å². The number of halogens is 1. The fourth-order valence-corrected chi connectivity index (χ4v) is 2.54. The maximum Gasteiger partial charge on any atom is 0.411 e. The molecule has 0 aliphatic carbocycles. The summed E-state index contributed by atoms with van der Waals surface area (Å²) in [5.41, 5.74) is -0.711. The number of methoxy groups -OCH3 is 1. The number of hydrogen-bond donors (Lipinski definition) is 0. The second-order valence-electron chi connectivity index (χ2n) is 4.95. The van der Waals surface area contributed by atoms with E-state index in [1.165, 1.54) is 7.11 Å². The first-order valence-electron chi connectivity index (χ1n) is 6.77. The Hall–Kier alpha value is -2.11. The van der Waals surface area contributed by atoms with Crippen molar-refractivity contribution in [3.63, 3.8) is 0 Å². The van der Waals surface area contributed by atoms with E-state index in [0.717, 1.165) is 10.5 Å². The van der Waals surface area contributed by atoms with Gasteiger partial charge in [0.1, 0.15) is 13.3 Å². The number of alkyl halides is 1. The van der Waals surface area contributed by atoms with Crippen molar-refractivity contribution in [3.05, 3.63) is 35.9 Å². The second-order valence-corrected chi connectivity index (χ2v) is 4.95. The lowest BCUT2D eigenvalue weighted by Crippen LogP contribution is -2.55. The highest BCUT2D eigenvalue weighted by molar-refractivity contribution is 5.86. The highest BCUT2D eigenvalue weighted by Gasteiger charge is 2.51. The molecule has 1 heterocycles. The van der Waals surface area contributed by atoms with Crippen molar-refractivity contribution in [1.82, 2.24) is 4.90 Å². The summed E-state index contributed by atoms with van der Waals surface area (Å²) >= 11 is 0. The van der Waals surface area contributed by atoms with Gasteiger partial charge < -0.3 is 9.47 Å². The maximum absolute atomic E-state index is 13.4. The molecule has 21 heavy (non-hydrogen) atoms. The molecule has 1 aliphatic heterocycles. The topological polar surface area (TPSA) is 55.8 Å². The van der Waals surface area contributed by atoms with Crippen LogP contribution in [0.3, 0.4) is 0 Å². The number of rotatable bonds is 4. The molecule has 5 nitrogen and oxygen atoms in total. The van der Waals surface area contributed by atoms with Gasteiger partial charge in [-0.15, -0.1) is 0 Å². The van der Waals surface area contributed by atoms with E-state index >= 15 is 0 Å². The molecule has 0 unspecified atom stereocenters. The van der Waals surface area contributed by atoms with Crippen LogP contribution in [0.15, 0.2) is 30.3 Å². The van der Waals surface area contributed by atoms with Crippen LogP contribution in [0.2, 0.25) is 0 Å². The average Bonchev–Trinajstić information content (AvgIpc) is 2.98. The standard InChI is InChI=1S/C15H18FNO4/c1-20-13(18)15(11-16)8-5-9-17(15)14(19)21-10-12-6-3-2-4-7-12/h2-4,6-7H,5,8-11H2,1H3/t15-/m1/s1. The quantitative estimate of drug-likeness (QED) is 0.800. The van der Waals surface area contributed by atoms with Crippen LogP contribution in [0, 0.1) is 0 Å². The van der Waals surface area contributed by atoms with Crippen LogP contribution in [0.25, 0.3) is 0 Å². The van der Waals surface area contributed by atoms with Crippen LogP contribution < -0.4 is 0 Å². The molecule has 1 fully saturated rings. The highest BCUT2D eigenvalue weighted by Crippen LogP contribution is 2.32. The Balaban J connectivity index is 2.05. The van der Waals surface area contributed by atoms with Crippen molar-refractivity contribution < 1.29 is 23.5 Å². The number of nitrogens with zero attached hydrogens (tertiary/aromatic N) is 1. The molecular formula is C15H18FNO4. The summed E-state index contributed by atoms with van der Waals surface area (Å²) in [5, 5.41) is 0. The largest absolute Gasteiger partial charge is 0.467 e. The monoisotopic (exact) mass is 295 g/mol. The number of ether oxygens (including phenoxy) is 2. The minimum absolute atomic E-state index is 0.0830. The number of benzene rings is 1. The lowest BCUT2D eigenvalue weighted by molar-refractivity contribution is -0.153. The number of esters is 1. The molecule has 0 spiro atoms. The summed E-state index contributed by atoms with van der Waals surface area (Å²) in [6.45, 7) is -0.605. The van der Waals surface area contributed by atoms with Crippen LogP contribution >= 0.6 is 0 Å². The Morgan fingerprint density at radius 3 is 2.67 bits per heavy atom. The first-order chi connectivity index (χ1) is 10.1. The van der Waals surface area contributed by atoms with E-state index in [9.17, 15) is 14.0 Å². The van der Waals surface area contributed by atoms with E-state index in [4.69, 9.17) is 4.74 Å². The summed E-state index contributed by atoms with van der Waals surface area (Å²) < 4.78 is 23.2. The van der Waals surface area contributed by atoms with E-state index in [0.29, 0.717) is 6.42 Å². The predicted molar refractivity (Wildman–Crippen MR) is 73.3 cm³/mol. The minimum Gasteiger partial charge on any atom is -0.467 e. The van der Waals surface area contributed by atoms with Gasteiger partial charge in [0.2, 0.25) is 0 Å². The molecule has 1 saturated heterocycles. The lowest BCUT2D eigenvalue weighted by Gasteiger charge is -2.32. The number of carbonyl (C=O) groups excluding carboxylic acids is 2. The summed E-state index contributed by atoms with van der Waals surface area (Å²) in [5.74, 6) is -0.737. The molecule has 0 bridgehead atoms. The van der Waals surface area contributed by atoms with Gasteiger partial charge in [0.15, 0.2) is 5.54 Å². The number of hydrogen-bond acceptors (Lipinski definition) is 4. The van der Waals surface area contributed by atoms with Crippen LogP contribution in [0.1, 0.15) is 18.4 Å². The average molecular weight is 295 g/mol. The van der Waals surface area contributed by atoms with Crippen LogP contribution in [0.5, 0.6) is 0 Å². The SMILES string of the molecule is COC(=O)[C@]1(CF)CCCN1C(=O)OCc1ccccc1. The third-order valence-corrected chi connectivity index (χ3v) is 3.70. The molecule has 6 heteroatoms. The molecule has 0 N–H and O–H groups in total. The molecule has 1 amide bonds. The minimum atomic E-state index is -1.54. The van der Waals surface area contributed by atoms with Gasteiger partial charge in [-0.05, 0) is 18.4 Å². The van der Waals surface area contributed by atoms with Gasteiger partial charge >= 0.3 is 12.1 Å². The predicted octanol–water partition coefficient (Wildman–Crippen LogP) is 2.30. The fraction of sp³-hybridized carbons (Fsp3) is 0.467. The van der Waals surface area contributed by atoms with E-state index in [1.54, 1.807) is 0 Å². The van der Waals surface area contributed by atoms with E-state index < -0.39 is 24.3 Å². The number of carbonyl (C=O) groups is 2. The summed E-state index contributed by atoms with van der Waals surface area (Å²) in [4.78, 5) is 25.1. The van der Waals surface area contributed by atoms with Crippen molar-refractivity contribution in [1.29, 1.82) is 0 Å². The van der Waals surface area contributed by atoms with Gasteiger partial charge in [-0.3, -0.25) is 4.90 Å². The molecule has 0 radical (unpaired) electrons. The zero-order valence-electron chi connectivity index (χ0n) is 11.9. The van der Waals surface area contributed by atoms with E-state index in [2.05, 4.69) is 4.74 Å². The first kappa shape index (κ1) is 15.3. The lowest BCUT2D eigenvalue weighted by atomic mass is 9.98. The second kappa shape index (κ2) is 6.56. The Morgan fingerprint density at radius 2 is 2.05 bits per heavy atom. The van der Waals surface area contributed by atoms with Crippen LogP contribution in [-0.2, 0) is 20.9 Å². The highest BCUT2D eigenvalue weighted by atomic mass is 19.1. The third-order valence-electron chi connectivity index (χ3n) is 3.70. The molecule has 1 atom stereocenters. The zero-order valence-corrected chi connectivity index (χ0v) is 11.9. The first-order valence-corrected chi connectivity index (χ1v) is 6.77. The number of likely N-dealkylation sites (tertiary alicyclic amines) is 1. The molecular weight excluding hydrogens is 277 g/mol. The van der Waals surface area contributed by atoms with E-state index in [-0.39, 0.29) is 19.6 Å². The van der Waals surface area contributed by atoms with Crippen molar-refractivity contribution >= 4 is 12.1 Å². The van der Waals surface area contributed by atoms with Crippen molar-refractivity contribution in [2.45, 2.75) is 25.0 Å². The molecule has 1 aliphatic rings. The summed E-state index contributed by atoms with van der Waals surface area (Å²) in [7, 11) is 1.19. The van der Waals surface area contributed by atoms with Gasteiger partial charge in [-0.1, -0.05) is 30.3 Å². The molecule has 0 aromatic heterocycles. The Labute approximate surface area is 122 Å². The molecule has 114 valence electrons. The maximum atomic E-state index is 13.4. The fourth-order valence-electron chi connectivity index (χ4n) is 2.54. The Morgan fingerprint density at radius 1 is 1.33 bits per heavy atom. The van der Waals surface area contributed by atoms with Crippen LogP contribution in [0.4, 0.5) is 9.18 Å². The smallest absolute Gasteiger partial charge is 0.411 e. The summed E-state index contributed by atoms with van der Waals surface area (Å²) in [6.07, 6.45) is 0.0928. The zero-order chi connectivity index (χ0) is 15.3. The van der Waals surface area contributed by atoms with Crippen molar-refractivity contribution in [3.8, 4) is 0 Å². The normalized spacial score (nSPS) is 21.1. The third kappa shape index (κ3) is 2.99. The molecule has 2 rings (SSSR count). The molecule has 0 saturated carbocycles. The molecule has 1 aromatic carbocycles. The molecule has 1 aromatic rings. The van der Waals surface area contributed by atoms with Gasteiger partial charge in [0.05, 0.1) is 7.11 Å². The van der Waals surface area contributed by atoms with Crippen molar-refractivity contribution in [2.75, 3.05) is 20.3 Å². The Kier molecular flexibility index (Phi) is 4.77. The van der Waals surface area contributed by atoms with Gasteiger partial charge in [-0.25, -0.2) is 14.0 Å². The van der Waals surface area contributed by atoms with Gasteiger partial charge in [-0.2, -0.15) is 0 Å². The number of amides is 1. The Bertz CT molecular complexity index is 508.